The maximum Gasteiger partial charge on any atom is 0.321 e. The number of anilines is 1. The number of rotatable bonds is 2. The van der Waals surface area contributed by atoms with Crippen LogP contribution in [0.15, 0.2) is 18.2 Å². The molecule has 1 aromatic carbocycles. The van der Waals surface area contributed by atoms with Crippen LogP contribution >= 0.6 is 11.6 Å². The summed E-state index contributed by atoms with van der Waals surface area (Å²) in [7, 11) is 0. The van der Waals surface area contributed by atoms with Gasteiger partial charge in [0.25, 0.3) is 5.69 Å². The average molecular weight is 314 g/mol. The highest BCUT2D eigenvalue weighted by Gasteiger charge is 2.15. The van der Waals surface area contributed by atoms with Gasteiger partial charge in [-0.1, -0.05) is 11.6 Å². The lowest BCUT2D eigenvalue weighted by atomic mass is 10.1. The third kappa shape index (κ3) is 5.65. The summed E-state index contributed by atoms with van der Waals surface area (Å²) in [5, 5.41) is 25.7. The molecule has 0 spiro atoms. The number of nitro benzene ring substituents is 1. The van der Waals surface area contributed by atoms with Gasteiger partial charge >= 0.3 is 6.03 Å². The standard InChI is InChI=1S/C12H16ClN5O3/c1-12(2,3)17-11(19)16-10(14)15-7-4-5-9(18(20)21)8(13)6-7/h4-6H,1-3H3,(H4,14,15,16,17,19). The zero-order valence-electron chi connectivity index (χ0n) is 11.8. The zero-order valence-corrected chi connectivity index (χ0v) is 12.5. The molecule has 1 rings (SSSR count). The highest BCUT2D eigenvalue weighted by Crippen LogP contribution is 2.26. The van der Waals surface area contributed by atoms with Gasteiger partial charge in [0.2, 0.25) is 5.96 Å². The number of amides is 2. The van der Waals surface area contributed by atoms with Crippen molar-refractivity contribution < 1.29 is 9.72 Å². The van der Waals surface area contributed by atoms with Gasteiger partial charge in [0.05, 0.1) is 4.92 Å². The maximum absolute atomic E-state index is 11.6. The van der Waals surface area contributed by atoms with E-state index >= 15 is 0 Å². The number of carbonyl (C=O) groups excluding carboxylic acids is 1. The Hall–Kier alpha value is -2.35. The van der Waals surface area contributed by atoms with Gasteiger partial charge < -0.3 is 10.6 Å². The molecular weight excluding hydrogens is 298 g/mol. The van der Waals surface area contributed by atoms with E-state index in [1.54, 1.807) is 20.8 Å². The number of urea groups is 1. The molecule has 8 nitrogen and oxygen atoms in total. The highest BCUT2D eigenvalue weighted by atomic mass is 35.5. The molecule has 0 aliphatic heterocycles. The van der Waals surface area contributed by atoms with E-state index < -0.39 is 16.5 Å². The Morgan fingerprint density at radius 1 is 1.38 bits per heavy atom. The molecule has 0 radical (unpaired) electrons. The first-order valence-corrected chi connectivity index (χ1v) is 6.35. The van der Waals surface area contributed by atoms with Crippen molar-refractivity contribution in [3.05, 3.63) is 33.3 Å². The molecule has 2 amide bonds. The number of nitro groups is 1. The maximum atomic E-state index is 11.6. The lowest BCUT2D eigenvalue weighted by molar-refractivity contribution is -0.384. The molecule has 0 saturated heterocycles. The monoisotopic (exact) mass is 313 g/mol. The Balaban J connectivity index is 2.65. The van der Waals surface area contributed by atoms with Crippen LogP contribution < -0.4 is 16.0 Å². The number of guanidine groups is 1. The van der Waals surface area contributed by atoms with Crippen molar-refractivity contribution in [2.45, 2.75) is 26.3 Å². The first kappa shape index (κ1) is 16.7. The fraction of sp³-hybridized carbons (Fsp3) is 0.333. The van der Waals surface area contributed by atoms with Crippen LogP contribution in [0.3, 0.4) is 0 Å². The molecule has 0 unspecified atom stereocenters. The fourth-order valence-electron chi connectivity index (χ4n) is 1.39. The minimum absolute atomic E-state index is 0.0584. The number of benzene rings is 1. The number of hydrogen-bond acceptors (Lipinski definition) is 4. The lowest BCUT2D eigenvalue weighted by Gasteiger charge is -2.21. The quantitative estimate of drug-likeness (QED) is 0.290. The summed E-state index contributed by atoms with van der Waals surface area (Å²) in [5.41, 5.74) is -0.306. The largest absolute Gasteiger partial charge is 0.333 e. The van der Waals surface area contributed by atoms with E-state index in [9.17, 15) is 14.9 Å². The first-order valence-electron chi connectivity index (χ1n) is 5.97. The van der Waals surface area contributed by atoms with Crippen LogP contribution in [0.2, 0.25) is 5.02 Å². The van der Waals surface area contributed by atoms with Gasteiger partial charge in [0.1, 0.15) is 5.02 Å². The van der Waals surface area contributed by atoms with Crippen LogP contribution in [0.5, 0.6) is 0 Å². The molecule has 0 aliphatic rings. The molecule has 4 N–H and O–H groups in total. The molecule has 0 atom stereocenters. The van der Waals surface area contributed by atoms with Crippen LogP contribution in [0.1, 0.15) is 20.8 Å². The van der Waals surface area contributed by atoms with Gasteiger partial charge in [-0.05, 0) is 32.9 Å². The molecule has 0 aliphatic carbocycles. The highest BCUT2D eigenvalue weighted by molar-refractivity contribution is 6.33. The summed E-state index contributed by atoms with van der Waals surface area (Å²) in [6.07, 6.45) is 0. The third-order valence-corrected chi connectivity index (χ3v) is 2.44. The average Bonchev–Trinajstić information content (AvgIpc) is 2.24. The summed E-state index contributed by atoms with van der Waals surface area (Å²) >= 11 is 5.75. The van der Waals surface area contributed by atoms with Gasteiger partial charge in [-0.2, -0.15) is 0 Å². The van der Waals surface area contributed by atoms with Crippen LogP contribution in [-0.2, 0) is 0 Å². The molecule has 0 bridgehead atoms. The van der Waals surface area contributed by atoms with E-state index in [2.05, 4.69) is 16.0 Å². The van der Waals surface area contributed by atoms with Crippen molar-refractivity contribution in [1.82, 2.24) is 10.6 Å². The van der Waals surface area contributed by atoms with E-state index in [1.807, 2.05) is 0 Å². The van der Waals surface area contributed by atoms with Gasteiger partial charge in [-0.25, -0.2) is 4.79 Å². The number of carbonyl (C=O) groups is 1. The summed E-state index contributed by atoms with van der Waals surface area (Å²) < 4.78 is 0. The fourth-order valence-corrected chi connectivity index (χ4v) is 1.64. The molecule has 1 aromatic rings. The van der Waals surface area contributed by atoms with E-state index in [1.165, 1.54) is 18.2 Å². The number of hydrogen-bond donors (Lipinski definition) is 4. The second kappa shape index (κ2) is 6.40. The van der Waals surface area contributed by atoms with E-state index in [-0.39, 0.29) is 16.7 Å². The summed E-state index contributed by atoms with van der Waals surface area (Å²) in [6.45, 7) is 5.42. The van der Waals surface area contributed by atoms with Crippen LogP contribution in [-0.4, -0.2) is 22.5 Å². The molecule has 21 heavy (non-hydrogen) atoms. The normalized spacial score (nSPS) is 10.7. The number of nitrogens with zero attached hydrogens (tertiary/aromatic N) is 1. The molecule has 0 aromatic heterocycles. The first-order chi connectivity index (χ1) is 9.58. The second-order valence-corrected chi connectivity index (χ2v) is 5.66. The smallest absolute Gasteiger partial charge is 0.321 e. The number of halogens is 1. The molecule has 114 valence electrons. The summed E-state index contributed by atoms with van der Waals surface area (Å²) in [6, 6.07) is 3.38. The van der Waals surface area contributed by atoms with Crippen molar-refractivity contribution in [2.24, 2.45) is 0 Å². The Morgan fingerprint density at radius 2 is 2.00 bits per heavy atom. The Morgan fingerprint density at radius 3 is 2.48 bits per heavy atom. The van der Waals surface area contributed by atoms with Crippen molar-refractivity contribution in [2.75, 3.05) is 5.32 Å². The molecule has 0 heterocycles. The molecule has 0 saturated carbocycles. The predicted molar refractivity (Wildman–Crippen MR) is 80.9 cm³/mol. The van der Waals surface area contributed by atoms with Crippen LogP contribution in [0, 0.1) is 15.5 Å². The van der Waals surface area contributed by atoms with Crippen molar-refractivity contribution in [3.8, 4) is 0 Å². The van der Waals surface area contributed by atoms with E-state index in [4.69, 9.17) is 17.0 Å². The van der Waals surface area contributed by atoms with Crippen LogP contribution in [0.4, 0.5) is 16.2 Å². The van der Waals surface area contributed by atoms with Crippen LogP contribution in [0.25, 0.3) is 0 Å². The Kier molecular flexibility index (Phi) is 5.09. The molecule has 9 heteroatoms. The summed E-state index contributed by atoms with van der Waals surface area (Å²) in [5.74, 6) is -0.276. The lowest BCUT2D eigenvalue weighted by Crippen LogP contribution is -2.49. The van der Waals surface area contributed by atoms with Gasteiger partial charge in [-0.15, -0.1) is 0 Å². The van der Waals surface area contributed by atoms with E-state index in [0.29, 0.717) is 5.69 Å². The van der Waals surface area contributed by atoms with Crippen molar-refractivity contribution in [3.63, 3.8) is 0 Å². The zero-order chi connectivity index (χ0) is 16.2. The molecular formula is C12H16ClN5O3. The van der Waals surface area contributed by atoms with Gasteiger partial charge in [-0.3, -0.25) is 20.8 Å². The van der Waals surface area contributed by atoms with Gasteiger partial charge in [0.15, 0.2) is 0 Å². The topological polar surface area (TPSA) is 120 Å². The van der Waals surface area contributed by atoms with E-state index in [0.717, 1.165) is 0 Å². The second-order valence-electron chi connectivity index (χ2n) is 5.25. The van der Waals surface area contributed by atoms with Crippen molar-refractivity contribution >= 4 is 35.0 Å². The SMILES string of the molecule is CC(C)(C)NC(=O)NC(=N)Nc1ccc([N+](=O)[O-])c(Cl)c1. The van der Waals surface area contributed by atoms with Crippen molar-refractivity contribution in [1.29, 1.82) is 5.41 Å². The third-order valence-electron chi connectivity index (χ3n) is 2.14. The minimum atomic E-state index is -0.605. The Labute approximate surface area is 126 Å². The van der Waals surface area contributed by atoms with Gasteiger partial charge in [0, 0.05) is 17.3 Å². The summed E-state index contributed by atoms with van der Waals surface area (Å²) in [4.78, 5) is 21.6. The number of nitrogens with one attached hydrogen (secondary N) is 4. The Bertz CT molecular complexity index is 583. The predicted octanol–water partition coefficient (Wildman–Crippen LogP) is 2.69. The molecule has 0 fully saturated rings. The minimum Gasteiger partial charge on any atom is -0.333 e.